The van der Waals surface area contributed by atoms with Crippen LogP contribution in [0.15, 0.2) is 30.3 Å². The number of carbonyl (C=O) groups excluding carboxylic acids is 2. The van der Waals surface area contributed by atoms with Gasteiger partial charge in [0.2, 0.25) is 0 Å². The molecule has 1 fully saturated rings. The number of aryl methyl sites for hydroxylation is 1. The molecule has 37 heavy (non-hydrogen) atoms. The van der Waals surface area contributed by atoms with Crippen LogP contribution < -0.4 is 10.1 Å². The SMILES string of the molecule is CC1c2nn(C)c(-c3cc(F)cc(F)c3)c2CCN1C(=O)c1cc(F)cc(OCC2CNC(=O)O2)c1Cl. The highest BCUT2D eigenvalue weighted by Gasteiger charge is 2.35. The molecular formula is C25H22ClF3N4O4. The Labute approximate surface area is 214 Å². The van der Waals surface area contributed by atoms with Gasteiger partial charge in [0.25, 0.3) is 5.91 Å². The fourth-order valence-corrected chi connectivity index (χ4v) is 5.00. The third kappa shape index (κ3) is 4.71. The molecule has 2 aliphatic heterocycles. The van der Waals surface area contributed by atoms with E-state index in [1.807, 2.05) is 0 Å². The first kappa shape index (κ1) is 24.9. The second-order valence-corrected chi connectivity index (χ2v) is 9.28. The largest absolute Gasteiger partial charge is 0.488 e. The Balaban J connectivity index is 1.41. The van der Waals surface area contributed by atoms with E-state index in [0.717, 1.165) is 23.8 Å². The monoisotopic (exact) mass is 534 g/mol. The number of carbonyl (C=O) groups is 2. The van der Waals surface area contributed by atoms with Crippen LogP contribution in [0.1, 0.15) is 34.6 Å². The molecule has 0 saturated carbocycles. The molecule has 8 nitrogen and oxygen atoms in total. The van der Waals surface area contributed by atoms with Gasteiger partial charge in [0.15, 0.2) is 6.10 Å². The molecule has 5 rings (SSSR count). The van der Waals surface area contributed by atoms with E-state index in [0.29, 0.717) is 23.4 Å². The van der Waals surface area contributed by atoms with Crippen LogP contribution in [-0.4, -0.2) is 52.5 Å². The van der Waals surface area contributed by atoms with E-state index in [1.54, 1.807) is 14.0 Å². The zero-order valence-corrected chi connectivity index (χ0v) is 20.6. The number of rotatable bonds is 5. The zero-order chi connectivity index (χ0) is 26.4. The highest BCUT2D eigenvalue weighted by Crippen LogP contribution is 2.38. The number of ether oxygens (including phenoxy) is 2. The Morgan fingerprint density at radius 1 is 1.19 bits per heavy atom. The number of hydrogen-bond acceptors (Lipinski definition) is 5. The quantitative estimate of drug-likeness (QED) is 0.524. The molecule has 2 aromatic carbocycles. The van der Waals surface area contributed by atoms with Crippen molar-refractivity contribution >= 4 is 23.6 Å². The standard InChI is InChI=1S/C25H22ClF3N4O4/c1-12-22-18(23(32(2)31-22)13-5-14(27)7-15(28)6-13)3-4-33(12)24(34)19-8-16(29)9-20(21(19)26)36-11-17-10-30-25(35)37-17/h5-9,12,17H,3-4,10-11H2,1-2H3,(H,30,35). The summed E-state index contributed by atoms with van der Waals surface area (Å²) in [6.07, 6.45) is -0.784. The second kappa shape index (κ2) is 9.62. The second-order valence-electron chi connectivity index (χ2n) is 8.90. The summed E-state index contributed by atoms with van der Waals surface area (Å²) in [5.74, 6) is -2.70. The van der Waals surface area contributed by atoms with Gasteiger partial charge in [-0.3, -0.25) is 9.48 Å². The van der Waals surface area contributed by atoms with Crippen molar-refractivity contribution in [3.63, 3.8) is 0 Å². The Morgan fingerprint density at radius 3 is 2.57 bits per heavy atom. The van der Waals surface area contributed by atoms with E-state index in [1.165, 1.54) is 21.7 Å². The van der Waals surface area contributed by atoms with E-state index in [-0.39, 0.29) is 36.0 Å². The average Bonchev–Trinajstić information content (AvgIpc) is 3.41. The average molecular weight is 535 g/mol. The van der Waals surface area contributed by atoms with Crippen LogP contribution in [0.25, 0.3) is 11.3 Å². The van der Waals surface area contributed by atoms with Crippen molar-refractivity contribution in [3.05, 3.63) is 69.6 Å². The van der Waals surface area contributed by atoms with Gasteiger partial charge in [-0.25, -0.2) is 18.0 Å². The third-order valence-electron chi connectivity index (χ3n) is 6.45. The number of fused-ring (bicyclic) bond motifs is 1. The molecule has 0 bridgehead atoms. The highest BCUT2D eigenvalue weighted by molar-refractivity contribution is 6.35. The lowest BCUT2D eigenvalue weighted by Crippen LogP contribution is -2.39. The lowest BCUT2D eigenvalue weighted by molar-refractivity contribution is 0.0672. The Hall–Kier alpha value is -3.73. The molecule has 0 aliphatic carbocycles. The number of amides is 2. The first-order valence-electron chi connectivity index (χ1n) is 11.5. The summed E-state index contributed by atoms with van der Waals surface area (Å²) < 4.78 is 54.3. The van der Waals surface area contributed by atoms with E-state index in [2.05, 4.69) is 10.4 Å². The normalized spacial score (nSPS) is 18.9. The van der Waals surface area contributed by atoms with Crippen LogP contribution in [-0.2, 0) is 18.2 Å². The smallest absolute Gasteiger partial charge is 0.407 e. The van der Waals surface area contributed by atoms with E-state index >= 15 is 0 Å². The summed E-state index contributed by atoms with van der Waals surface area (Å²) in [5.41, 5.74) is 2.17. The molecule has 0 radical (unpaired) electrons. The molecule has 0 spiro atoms. The van der Waals surface area contributed by atoms with Gasteiger partial charge in [-0.15, -0.1) is 0 Å². The van der Waals surface area contributed by atoms with Crippen LogP contribution in [0.2, 0.25) is 5.02 Å². The summed E-state index contributed by atoms with van der Waals surface area (Å²) in [6, 6.07) is 4.84. The van der Waals surface area contributed by atoms with Gasteiger partial charge >= 0.3 is 6.09 Å². The fourth-order valence-electron chi connectivity index (χ4n) is 4.76. The fraction of sp³-hybridized carbons (Fsp3) is 0.320. The number of alkyl carbamates (subject to hydrolysis) is 1. The van der Waals surface area contributed by atoms with Crippen LogP contribution in [0, 0.1) is 17.5 Å². The number of nitrogens with zero attached hydrogens (tertiary/aromatic N) is 3. The van der Waals surface area contributed by atoms with Crippen molar-refractivity contribution in [2.24, 2.45) is 7.05 Å². The first-order chi connectivity index (χ1) is 17.6. The topological polar surface area (TPSA) is 85.7 Å². The van der Waals surface area contributed by atoms with E-state index in [4.69, 9.17) is 21.1 Å². The summed E-state index contributed by atoms with van der Waals surface area (Å²) in [6.45, 7) is 2.18. The van der Waals surface area contributed by atoms with Crippen molar-refractivity contribution in [2.45, 2.75) is 25.5 Å². The summed E-state index contributed by atoms with van der Waals surface area (Å²) in [7, 11) is 1.67. The van der Waals surface area contributed by atoms with Crippen molar-refractivity contribution in [1.82, 2.24) is 20.0 Å². The van der Waals surface area contributed by atoms with Crippen molar-refractivity contribution in [2.75, 3.05) is 19.7 Å². The van der Waals surface area contributed by atoms with Gasteiger partial charge in [-0.2, -0.15) is 5.10 Å². The summed E-state index contributed by atoms with van der Waals surface area (Å²) in [4.78, 5) is 26.2. The molecule has 1 aromatic heterocycles. The number of halogens is 4. The molecule has 3 heterocycles. The molecule has 2 atom stereocenters. The van der Waals surface area contributed by atoms with Crippen LogP contribution in [0.5, 0.6) is 5.75 Å². The molecule has 2 amide bonds. The summed E-state index contributed by atoms with van der Waals surface area (Å²) in [5, 5.41) is 6.94. The van der Waals surface area contributed by atoms with Crippen molar-refractivity contribution < 1.29 is 32.2 Å². The number of aromatic nitrogens is 2. The maximum atomic E-state index is 14.5. The highest BCUT2D eigenvalue weighted by atomic mass is 35.5. The molecule has 1 N–H and O–H groups in total. The maximum absolute atomic E-state index is 14.5. The first-order valence-corrected chi connectivity index (χ1v) is 11.9. The minimum Gasteiger partial charge on any atom is -0.488 e. The van der Waals surface area contributed by atoms with E-state index in [9.17, 15) is 22.8 Å². The molecule has 1 saturated heterocycles. The van der Waals surface area contributed by atoms with Gasteiger partial charge in [-0.1, -0.05) is 11.6 Å². The lowest BCUT2D eigenvalue weighted by atomic mass is 9.95. The van der Waals surface area contributed by atoms with Crippen molar-refractivity contribution in [1.29, 1.82) is 0 Å². The maximum Gasteiger partial charge on any atom is 0.407 e. The number of nitrogens with one attached hydrogen (secondary N) is 1. The molecule has 12 heteroatoms. The summed E-state index contributed by atoms with van der Waals surface area (Å²) >= 11 is 6.44. The van der Waals surface area contributed by atoms with Crippen molar-refractivity contribution in [3.8, 4) is 17.0 Å². The minimum atomic E-state index is -0.720. The van der Waals surface area contributed by atoms with Crippen LogP contribution >= 0.6 is 11.6 Å². The van der Waals surface area contributed by atoms with Gasteiger partial charge < -0.3 is 19.7 Å². The van der Waals surface area contributed by atoms with Gasteiger partial charge in [0.1, 0.15) is 29.8 Å². The molecule has 2 aliphatic rings. The predicted molar refractivity (Wildman–Crippen MR) is 127 cm³/mol. The number of benzene rings is 2. The Kier molecular flexibility index (Phi) is 6.49. The Bertz CT molecular complexity index is 1390. The molecular weight excluding hydrogens is 513 g/mol. The molecule has 3 aromatic rings. The van der Waals surface area contributed by atoms with Gasteiger partial charge in [-0.05, 0) is 31.5 Å². The molecule has 194 valence electrons. The number of hydrogen-bond donors (Lipinski definition) is 1. The third-order valence-corrected chi connectivity index (χ3v) is 6.84. The molecule has 2 unspecified atom stereocenters. The van der Waals surface area contributed by atoms with Crippen LogP contribution in [0.3, 0.4) is 0 Å². The van der Waals surface area contributed by atoms with Gasteiger partial charge in [0.05, 0.1) is 34.6 Å². The Morgan fingerprint density at radius 2 is 1.89 bits per heavy atom. The van der Waals surface area contributed by atoms with Crippen LogP contribution in [0.4, 0.5) is 18.0 Å². The zero-order valence-electron chi connectivity index (χ0n) is 19.9. The van der Waals surface area contributed by atoms with Gasteiger partial charge in [0, 0.05) is 36.9 Å². The lowest BCUT2D eigenvalue weighted by Gasteiger charge is -2.33. The predicted octanol–water partition coefficient (Wildman–Crippen LogP) is 4.40. The number of cyclic esters (lactones) is 1. The van der Waals surface area contributed by atoms with E-state index < -0.39 is 41.6 Å². The minimum absolute atomic E-state index is 0.0495.